The molecule has 0 amide bonds. The lowest BCUT2D eigenvalue weighted by Gasteiger charge is -2.41. The van der Waals surface area contributed by atoms with Crippen LogP contribution in [-0.4, -0.2) is 45.5 Å². The van der Waals surface area contributed by atoms with Gasteiger partial charge in [0.05, 0.1) is 0 Å². The lowest BCUT2D eigenvalue weighted by atomic mass is 10.1. The third-order valence-electron chi connectivity index (χ3n) is 5.21. The molecular formula is C22H25N5. The molecule has 5 nitrogen and oxygen atoms in total. The number of aromatic nitrogens is 3. The Kier molecular flexibility index (Phi) is 5.12. The van der Waals surface area contributed by atoms with Gasteiger partial charge in [0.2, 0.25) is 0 Å². The second kappa shape index (κ2) is 7.84. The van der Waals surface area contributed by atoms with Crippen molar-refractivity contribution in [2.45, 2.75) is 26.4 Å². The minimum atomic E-state index is 0.480. The third kappa shape index (κ3) is 3.98. The van der Waals surface area contributed by atoms with Crippen LogP contribution >= 0.6 is 0 Å². The number of benzene rings is 1. The van der Waals surface area contributed by atoms with Gasteiger partial charge in [0.15, 0.2) is 5.82 Å². The monoisotopic (exact) mass is 359 g/mol. The molecule has 3 heterocycles. The maximum atomic E-state index is 4.50. The number of pyridine rings is 1. The molecule has 2 aromatic heterocycles. The standard InChI is InChI=1S/C22H25N5/c1-17-7-3-4-9-21(17)27-12-11-26(18(2)15-27)16-19-13-24-22(25-14-19)20-8-5-6-10-23-20/h3-10,13-14,18H,11-12,15-16H2,1-2H3/t18-/m0/s1. The molecule has 1 saturated heterocycles. The van der Waals surface area contributed by atoms with Crippen molar-refractivity contribution >= 4 is 5.69 Å². The van der Waals surface area contributed by atoms with E-state index in [1.807, 2.05) is 30.6 Å². The van der Waals surface area contributed by atoms with Crippen LogP contribution in [0.25, 0.3) is 11.5 Å². The fourth-order valence-corrected chi connectivity index (χ4v) is 3.67. The highest BCUT2D eigenvalue weighted by Gasteiger charge is 2.24. The minimum Gasteiger partial charge on any atom is -0.368 e. The SMILES string of the molecule is Cc1ccccc1N1CCN(Cc2cnc(-c3ccccn3)nc2)[C@@H](C)C1. The second-order valence-corrected chi connectivity index (χ2v) is 7.18. The Morgan fingerprint density at radius 3 is 2.44 bits per heavy atom. The molecule has 1 aromatic carbocycles. The van der Waals surface area contributed by atoms with Gasteiger partial charge in [-0.05, 0) is 37.6 Å². The van der Waals surface area contributed by atoms with Gasteiger partial charge in [0.25, 0.3) is 0 Å². The molecule has 0 unspecified atom stereocenters. The zero-order valence-corrected chi connectivity index (χ0v) is 15.9. The first-order valence-corrected chi connectivity index (χ1v) is 9.47. The van der Waals surface area contributed by atoms with E-state index in [0.29, 0.717) is 11.9 Å². The Bertz CT molecular complexity index is 879. The van der Waals surface area contributed by atoms with Gasteiger partial charge in [-0.3, -0.25) is 9.88 Å². The molecule has 27 heavy (non-hydrogen) atoms. The summed E-state index contributed by atoms with van der Waals surface area (Å²) in [7, 11) is 0. The Morgan fingerprint density at radius 2 is 1.74 bits per heavy atom. The first kappa shape index (κ1) is 17.6. The number of hydrogen-bond donors (Lipinski definition) is 0. The Labute approximate surface area is 160 Å². The zero-order chi connectivity index (χ0) is 18.6. The molecule has 5 heteroatoms. The second-order valence-electron chi connectivity index (χ2n) is 7.18. The molecule has 1 atom stereocenters. The van der Waals surface area contributed by atoms with Crippen molar-refractivity contribution in [1.29, 1.82) is 0 Å². The van der Waals surface area contributed by atoms with Crippen LogP contribution in [0, 0.1) is 6.92 Å². The molecule has 4 rings (SSSR count). The van der Waals surface area contributed by atoms with E-state index in [2.05, 4.69) is 62.9 Å². The molecule has 1 aliphatic heterocycles. The molecule has 1 fully saturated rings. The van der Waals surface area contributed by atoms with Crippen molar-refractivity contribution in [2.24, 2.45) is 0 Å². The molecule has 0 radical (unpaired) electrons. The molecule has 0 saturated carbocycles. The van der Waals surface area contributed by atoms with Crippen LogP contribution in [0.15, 0.2) is 61.1 Å². The lowest BCUT2D eigenvalue weighted by molar-refractivity contribution is 0.180. The summed E-state index contributed by atoms with van der Waals surface area (Å²) in [4.78, 5) is 18.3. The van der Waals surface area contributed by atoms with Crippen molar-refractivity contribution < 1.29 is 0 Å². The number of rotatable bonds is 4. The van der Waals surface area contributed by atoms with Crippen LogP contribution in [0.2, 0.25) is 0 Å². The molecule has 3 aromatic rings. The number of aryl methyl sites for hydroxylation is 1. The summed E-state index contributed by atoms with van der Waals surface area (Å²) in [6.45, 7) is 8.49. The van der Waals surface area contributed by atoms with Crippen molar-refractivity contribution in [3.63, 3.8) is 0 Å². The van der Waals surface area contributed by atoms with Gasteiger partial charge >= 0.3 is 0 Å². The Hall–Kier alpha value is -2.79. The van der Waals surface area contributed by atoms with Crippen LogP contribution in [0.5, 0.6) is 0 Å². The van der Waals surface area contributed by atoms with Crippen molar-refractivity contribution in [3.8, 4) is 11.5 Å². The van der Waals surface area contributed by atoms with Gasteiger partial charge in [-0.15, -0.1) is 0 Å². The number of anilines is 1. The third-order valence-corrected chi connectivity index (χ3v) is 5.21. The van der Waals surface area contributed by atoms with Crippen LogP contribution in [-0.2, 0) is 6.54 Å². The van der Waals surface area contributed by atoms with Crippen molar-refractivity contribution in [1.82, 2.24) is 19.9 Å². The summed E-state index contributed by atoms with van der Waals surface area (Å²) in [6.07, 6.45) is 5.62. The van der Waals surface area contributed by atoms with Crippen molar-refractivity contribution in [2.75, 3.05) is 24.5 Å². The van der Waals surface area contributed by atoms with E-state index in [0.717, 1.165) is 37.4 Å². The molecule has 138 valence electrons. The maximum Gasteiger partial charge on any atom is 0.178 e. The highest BCUT2D eigenvalue weighted by Crippen LogP contribution is 2.23. The lowest BCUT2D eigenvalue weighted by Crippen LogP contribution is -2.51. The van der Waals surface area contributed by atoms with Crippen LogP contribution in [0.4, 0.5) is 5.69 Å². The van der Waals surface area contributed by atoms with Crippen LogP contribution < -0.4 is 4.90 Å². The van der Waals surface area contributed by atoms with Gasteiger partial charge in [-0.1, -0.05) is 24.3 Å². The number of piperazine rings is 1. The van der Waals surface area contributed by atoms with Gasteiger partial charge in [0, 0.05) is 62.1 Å². The highest BCUT2D eigenvalue weighted by atomic mass is 15.3. The largest absolute Gasteiger partial charge is 0.368 e. The van der Waals surface area contributed by atoms with Crippen LogP contribution in [0.1, 0.15) is 18.1 Å². The summed E-state index contributed by atoms with van der Waals surface area (Å²) in [6, 6.07) is 14.9. The fraction of sp³-hybridized carbons (Fsp3) is 0.318. The summed E-state index contributed by atoms with van der Waals surface area (Å²) < 4.78 is 0. The molecule has 0 aliphatic carbocycles. The quantitative estimate of drug-likeness (QED) is 0.713. The van der Waals surface area contributed by atoms with Gasteiger partial charge in [-0.25, -0.2) is 9.97 Å². The predicted molar refractivity (Wildman–Crippen MR) is 109 cm³/mol. The van der Waals surface area contributed by atoms with E-state index in [4.69, 9.17) is 0 Å². The molecule has 0 N–H and O–H groups in total. The van der Waals surface area contributed by atoms with Gasteiger partial charge < -0.3 is 4.90 Å². The smallest absolute Gasteiger partial charge is 0.178 e. The molecule has 1 aliphatic rings. The molecular weight excluding hydrogens is 334 g/mol. The summed E-state index contributed by atoms with van der Waals surface area (Å²) >= 11 is 0. The van der Waals surface area contributed by atoms with Crippen molar-refractivity contribution in [3.05, 3.63) is 72.2 Å². The van der Waals surface area contributed by atoms with E-state index in [-0.39, 0.29) is 0 Å². The topological polar surface area (TPSA) is 45.2 Å². The Morgan fingerprint density at radius 1 is 0.963 bits per heavy atom. The van der Waals surface area contributed by atoms with Gasteiger partial charge in [-0.2, -0.15) is 0 Å². The zero-order valence-electron chi connectivity index (χ0n) is 15.9. The number of hydrogen-bond acceptors (Lipinski definition) is 5. The first-order valence-electron chi connectivity index (χ1n) is 9.47. The summed E-state index contributed by atoms with van der Waals surface area (Å²) in [5.41, 5.74) is 4.65. The van der Waals surface area contributed by atoms with Gasteiger partial charge in [0.1, 0.15) is 5.69 Å². The normalized spacial score (nSPS) is 17.9. The Balaban J connectivity index is 1.40. The molecule has 0 spiro atoms. The fourth-order valence-electron chi connectivity index (χ4n) is 3.67. The minimum absolute atomic E-state index is 0.480. The maximum absolute atomic E-state index is 4.50. The van der Waals surface area contributed by atoms with E-state index in [1.54, 1.807) is 6.20 Å². The van der Waals surface area contributed by atoms with E-state index >= 15 is 0 Å². The summed E-state index contributed by atoms with van der Waals surface area (Å²) in [5.74, 6) is 0.678. The predicted octanol–water partition coefficient (Wildman–Crippen LogP) is 3.56. The van der Waals surface area contributed by atoms with E-state index < -0.39 is 0 Å². The molecule has 0 bridgehead atoms. The number of nitrogens with zero attached hydrogens (tertiary/aromatic N) is 5. The average Bonchev–Trinajstić information content (AvgIpc) is 2.71. The first-order chi connectivity index (χ1) is 13.2. The van der Waals surface area contributed by atoms with E-state index in [9.17, 15) is 0 Å². The summed E-state index contributed by atoms with van der Waals surface area (Å²) in [5, 5.41) is 0. The highest BCUT2D eigenvalue weighted by molar-refractivity contribution is 5.53. The van der Waals surface area contributed by atoms with E-state index in [1.165, 1.54) is 11.3 Å². The average molecular weight is 359 g/mol. The number of para-hydroxylation sites is 1. The van der Waals surface area contributed by atoms with Crippen LogP contribution in [0.3, 0.4) is 0 Å².